The first kappa shape index (κ1) is 23.7. The Labute approximate surface area is 211 Å². The molecule has 36 heavy (non-hydrogen) atoms. The van der Waals surface area contributed by atoms with Gasteiger partial charge in [0, 0.05) is 37.2 Å². The first-order valence-electron chi connectivity index (χ1n) is 12.3. The second-order valence-corrected chi connectivity index (χ2v) is 8.95. The van der Waals surface area contributed by atoms with E-state index < -0.39 is 0 Å². The molecule has 4 aromatic rings. The van der Waals surface area contributed by atoms with Crippen LogP contribution >= 0.6 is 0 Å². The largest absolute Gasteiger partial charge is 0.497 e. The van der Waals surface area contributed by atoms with Crippen LogP contribution in [0, 0.1) is 0 Å². The number of methoxy groups -OCH3 is 2. The van der Waals surface area contributed by atoms with Crippen LogP contribution in [0.4, 0.5) is 5.69 Å². The predicted molar refractivity (Wildman–Crippen MR) is 140 cm³/mol. The Morgan fingerprint density at radius 2 is 1.67 bits per heavy atom. The van der Waals surface area contributed by atoms with Crippen molar-refractivity contribution in [3.63, 3.8) is 0 Å². The predicted octanol–water partition coefficient (Wildman–Crippen LogP) is 5.43. The van der Waals surface area contributed by atoms with Gasteiger partial charge in [-0.2, -0.15) is 0 Å². The molecule has 1 fully saturated rings. The van der Waals surface area contributed by atoms with E-state index in [1.807, 2.05) is 71.6 Å². The number of unbranched alkanes of at least 4 members (excludes halogenated alkanes) is 1. The van der Waals surface area contributed by atoms with Crippen LogP contribution in [0.2, 0.25) is 0 Å². The number of fused-ring (bicyclic) bond motifs is 1. The van der Waals surface area contributed by atoms with E-state index in [9.17, 15) is 4.79 Å². The van der Waals surface area contributed by atoms with E-state index in [0.29, 0.717) is 19.6 Å². The molecule has 1 unspecified atom stereocenters. The van der Waals surface area contributed by atoms with Gasteiger partial charge in [-0.1, -0.05) is 18.2 Å². The molecule has 3 aromatic carbocycles. The van der Waals surface area contributed by atoms with Crippen molar-refractivity contribution in [2.75, 3.05) is 32.3 Å². The van der Waals surface area contributed by atoms with E-state index in [1.165, 1.54) is 0 Å². The molecule has 1 aromatic heterocycles. The van der Waals surface area contributed by atoms with E-state index in [2.05, 4.69) is 10.6 Å². The topological polar surface area (TPSA) is 65.8 Å². The van der Waals surface area contributed by atoms with Gasteiger partial charge in [0.2, 0.25) is 5.91 Å². The summed E-state index contributed by atoms with van der Waals surface area (Å²) in [4.78, 5) is 19.8. The van der Waals surface area contributed by atoms with Crippen molar-refractivity contribution in [1.29, 1.82) is 0 Å². The minimum absolute atomic E-state index is 0.0417. The summed E-state index contributed by atoms with van der Waals surface area (Å²) in [5.74, 6) is 3.52. The van der Waals surface area contributed by atoms with Crippen molar-refractivity contribution in [3.05, 3.63) is 78.6 Å². The molecule has 1 amide bonds. The molecule has 1 aliphatic heterocycles. The number of imidazole rings is 1. The van der Waals surface area contributed by atoms with Crippen LogP contribution in [0.15, 0.2) is 72.8 Å². The number of benzene rings is 3. The number of carbonyl (C=O) groups excluding carboxylic acids is 1. The Kier molecular flexibility index (Phi) is 7.07. The smallest absolute Gasteiger partial charge is 0.227 e. The van der Waals surface area contributed by atoms with Crippen LogP contribution in [0.1, 0.15) is 31.0 Å². The summed E-state index contributed by atoms with van der Waals surface area (Å²) in [6.45, 7) is 2.07. The van der Waals surface area contributed by atoms with Crippen LogP contribution in [0.5, 0.6) is 17.2 Å². The standard InChI is InChI=1S/C29H31N3O4/c1-34-23-14-12-22(13-15-23)32-20-21(18-28(32)33)29-30-26-10-3-4-11-27(26)31(29)16-5-6-17-36-25-9-7-8-24(19-25)35-2/h3-4,7-15,19,21H,5-6,16-18,20H2,1-2H3. The SMILES string of the molecule is COc1ccc(N2CC(c3nc4ccccc4n3CCCCOc3cccc(OC)c3)CC2=O)cc1. The van der Waals surface area contributed by atoms with Crippen LogP contribution in [-0.2, 0) is 11.3 Å². The number of rotatable bonds is 10. The molecule has 1 aliphatic rings. The average Bonchev–Trinajstić information content (AvgIpc) is 3.49. The first-order valence-corrected chi connectivity index (χ1v) is 12.3. The molecule has 0 radical (unpaired) electrons. The number of carbonyl (C=O) groups is 1. The quantitative estimate of drug-likeness (QED) is 0.280. The van der Waals surface area contributed by atoms with E-state index in [-0.39, 0.29) is 11.8 Å². The van der Waals surface area contributed by atoms with Gasteiger partial charge in [0.05, 0.1) is 31.9 Å². The summed E-state index contributed by atoms with van der Waals surface area (Å²) in [5.41, 5.74) is 2.97. The average molecular weight is 486 g/mol. The molecule has 1 saturated heterocycles. The summed E-state index contributed by atoms with van der Waals surface area (Å²) in [6.07, 6.45) is 2.30. The maximum absolute atomic E-state index is 13.0. The number of aryl methyl sites for hydroxylation is 1. The minimum Gasteiger partial charge on any atom is -0.497 e. The number of amides is 1. The van der Waals surface area contributed by atoms with Gasteiger partial charge in [0.15, 0.2) is 0 Å². The van der Waals surface area contributed by atoms with Crippen molar-refractivity contribution < 1.29 is 19.0 Å². The van der Waals surface area contributed by atoms with Crippen LogP contribution in [0.3, 0.4) is 0 Å². The number of nitrogens with zero attached hydrogens (tertiary/aromatic N) is 3. The summed E-state index contributed by atoms with van der Waals surface area (Å²) < 4.78 is 18.7. The molecule has 0 spiro atoms. The van der Waals surface area contributed by atoms with Gasteiger partial charge in [-0.05, 0) is 61.4 Å². The van der Waals surface area contributed by atoms with E-state index in [4.69, 9.17) is 19.2 Å². The van der Waals surface area contributed by atoms with Gasteiger partial charge < -0.3 is 23.7 Å². The summed E-state index contributed by atoms with van der Waals surface area (Å²) in [7, 11) is 3.29. The molecule has 1 atom stereocenters. The van der Waals surface area contributed by atoms with Crippen molar-refractivity contribution in [2.24, 2.45) is 0 Å². The third kappa shape index (κ3) is 5.00. The maximum Gasteiger partial charge on any atom is 0.227 e. The molecule has 2 heterocycles. The monoisotopic (exact) mass is 485 g/mol. The summed E-state index contributed by atoms with van der Waals surface area (Å²) in [6, 6.07) is 23.5. The highest BCUT2D eigenvalue weighted by Gasteiger charge is 2.34. The van der Waals surface area contributed by atoms with Crippen LogP contribution < -0.4 is 19.1 Å². The first-order chi connectivity index (χ1) is 17.7. The normalized spacial score (nSPS) is 15.4. The van der Waals surface area contributed by atoms with E-state index in [0.717, 1.165) is 59.2 Å². The van der Waals surface area contributed by atoms with Gasteiger partial charge in [0.1, 0.15) is 23.1 Å². The number of hydrogen-bond donors (Lipinski definition) is 0. The molecule has 0 N–H and O–H groups in total. The molecule has 0 saturated carbocycles. The molecule has 0 aliphatic carbocycles. The van der Waals surface area contributed by atoms with Gasteiger partial charge in [-0.25, -0.2) is 4.98 Å². The molecule has 186 valence electrons. The summed E-state index contributed by atoms with van der Waals surface area (Å²) in [5, 5.41) is 0. The fraction of sp³-hybridized carbons (Fsp3) is 0.310. The van der Waals surface area contributed by atoms with Crippen molar-refractivity contribution in [3.8, 4) is 17.2 Å². The fourth-order valence-corrected chi connectivity index (χ4v) is 4.79. The lowest BCUT2D eigenvalue weighted by Gasteiger charge is -2.18. The second-order valence-electron chi connectivity index (χ2n) is 8.95. The van der Waals surface area contributed by atoms with E-state index >= 15 is 0 Å². The number of aromatic nitrogens is 2. The number of ether oxygens (including phenoxy) is 3. The van der Waals surface area contributed by atoms with Crippen LogP contribution in [-0.4, -0.2) is 42.8 Å². The van der Waals surface area contributed by atoms with E-state index in [1.54, 1.807) is 14.2 Å². The van der Waals surface area contributed by atoms with Crippen molar-refractivity contribution >= 4 is 22.6 Å². The zero-order valence-corrected chi connectivity index (χ0v) is 20.7. The van der Waals surface area contributed by atoms with Crippen LogP contribution in [0.25, 0.3) is 11.0 Å². The highest BCUT2D eigenvalue weighted by molar-refractivity contribution is 5.96. The Bertz CT molecular complexity index is 1330. The van der Waals surface area contributed by atoms with Crippen molar-refractivity contribution in [2.45, 2.75) is 31.7 Å². The molecule has 0 bridgehead atoms. The van der Waals surface area contributed by atoms with Gasteiger partial charge in [-0.15, -0.1) is 0 Å². The minimum atomic E-state index is 0.0417. The fourth-order valence-electron chi connectivity index (χ4n) is 4.79. The lowest BCUT2D eigenvalue weighted by molar-refractivity contribution is -0.117. The number of para-hydroxylation sites is 2. The lowest BCUT2D eigenvalue weighted by atomic mass is 10.1. The Morgan fingerprint density at radius 3 is 2.47 bits per heavy atom. The Hall–Kier alpha value is -4.00. The molecular formula is C29H31N3O4. The highest BCUT2D eigenvalue weighted by Crippen LogP contribution is 2.34. The zero-order valence-electron chi connectivity index (χ0n) is 20.7. The molecule has 5 rings (SSSR count). The molecular weight excluding hydrogens is 454 g/mol. The lowest BCUT2D eigenvalue weighted by Crippen LogP contribution is -2.24. The third-order valence-corrected chi connectivity index (χ3v) is 6.64. The van der Waals surface area contributed by atoms with Crippen molar-refractivity contribution in [1.82, 2.24) is 9.55 Å². The van der Waals surface area contributed by atoms with Gasteiger partial charge in [-0.3, -0.25) is 4.79 Å². The van der Waals surface area contributed by atoms with Gasteiger partial charge >= 0.3 is 0 Å². The highest BCUT2D eigenvalue weighted by atomic mass is 16.5. The number of hydrogen-bond acceptors (Lipinski definition) is 5. The maximum atomic E-state index is 13.0. The summed E-state index contributed by atoms with van der Waals surface area (Å²) >= 11 is 0. The third-order valence-electron chi connectivity index (χ3n) is 6.64. The molecule has 7 heteroatoms. The Morgan fingerprint density at radius 1 is 0.889 bits per heavy atom. The zero-order chi connectivity index (χ0) is 24.9. The molecule has 7 nitrogen and oxygen atoms in total. The van der Waals surface area contributed by atoms with Gasteiger partial charge in [0.25, 0.3) is 0 Å². The number of anilines is 1. The second kappa shape index (κ2) is 10.7. The Balaban J connectivity index is 1.27.